The highest BCUT2D eigenvalue weighted by atomic mass is 19.4. The largest absolute Gasteiger partial charge is 0.471 e. The number of anilines is 2. The van der Waals surface area contributed by atoms with E-state index < -0.39 is 83.4 Å². The molecule has 0 spiro atoms. The Bertz CT molecular complexity index is 1340. The van der Waals surface area contributed by atoms with E-state index in [-0.39, 0.29) is 17.5 Å². The minimum atomic E-state index is -5.25. The van der Waals surface area contributed by atoms with Crippen LogP contribution in [0.5, 0.6) is 0 Å². The number of halogens is 6. The second-order valence-corrected chi connectivity index (χ2v) is 8.24. The van der Waals surface area contributed by atoms with Crippen LogP contribution in [0, 0.1) is 0 Å². The van der Waals surface area contributed by atoms with Gasteiger partial charge in [-0.15, -0.1) is 0 Å². The van der Waals surface area contributed by atoms with Crippen LogP contribution in [-0.4, -0.2) is 70.7 Å². The zero-order chi connectivity index (χ0) is 28.9. The summed E-state index contributed by atoms with van der Waals surface area (Å²) in [7, 11) is 0. The molecule has 39 heavy (non-hydrogen) atoms. The zero-order valence-electron chi connectivity index (χ0n) is 19.2. The van der Waals surface area contributed by atoms with Gasteiger partial charge in [-0.3, -0.25) is 38.6 Å². The van der Waals surface area contributed by atoms with E-state index in [2.05, 4.69) is 0 Å². The second-order valence-electron chi connectivity index (χ2n) is 8.24. The molecule has 2 aliphatic rings. The van der Waals surface area contributed by atoms with Crippen LogP contribution in [0.25, 0.3) is 0 Å². The summed E-state index contributed by atoms with van der Waals surface area (Å²) < 4.78 is 75.9. The third kappa shape index (κ3) is 4.92. The van der Waals surface area contributed by atoms with Gasteiger partial charge in [-0.2, -0.15) is 26.3 Å². The number of hydrogen-bond acceptors (Lipinski definition) is 6. The van der Waals surface area contributed by atoms with Crippen LogP contribution in [-0.2, 0) is 9.59 Å². The number of nitrogens with one attached hydrogen (secondary N) is 2. The Morgan fingerprint density at radius 2 is 0.974 bits per heavy atom. The van der Waals surface area contributed by atoms with E-state index in [9.17, 15) is 55.1 Å². The van der Waals surface area contributed by atoms with Crippen molar-refractivity contribution < 1.29 is 55.1 Å². The van der Waals surface area contributed by atoms with Crippen LogP contribution in [0.15, 0.2) is 36.4 Å². The molecule has 16 heteroatoms. The molecule has 0 saturated carbocycles. The van der Waals surface area contributed by atoms with Crippen LogP contribution in [0.2, 0.25) is 0 Å². The van der Waals surface area contributed by atoms with Crippen molar-refractivity contribution in [3.63, 3.8) is 0 Å². The summed E-state index contributed by atoms with van der Waals surface area (Å²) in [4.78, 5) is 75.0. The lowest BCUT2D eigenvalue weighted by atomic mass is 10.1. The monoisotopic (exact) mass is 556 g/mol. The maximum Gasteiger partial charge on any atom is 0.471 e. The highest BCUT2D eigenvalue weighted by Gasteiger charge is 2.44. The standard InChI is InChI=1S/C23H14F6N4O6/c24-22(25,26)20(38)30-12-6-1-4-10-14(12)18(36)32(16(10)34)8-3-9-33-17(35)11-5-2-7-13(15(11)19(33)37)31-21(39)23(27,28)29/h1-2,4-7H,3,8-9H2,(H,30,38)(H,31,39). The number of amides is 6. The fraction of sp³-hybridized carbons (Fsp3) is 0.217. The van der Waals surface area contributed by atoms with Gasteiger partial charge in [0.25, 0.3) is 23.6 Å². The van der Waals surface area contributed by atoms with Crippen molar-refractivity contribution in [3.8, 4) is 0 Å². The molecule has 0 atom stereocenters. The summed E-state index contributed by atoms with van der Waals surface area (Å²) in [5.74, 6) is -8.53. The van der Waals surface area contributed by atoms with Crippen molar-refractivity contribution in [1.29, 1.82) is 0 Å². The number of alkyl halides is 6. The van der Waals surface area contributed by atoms with Crippen molar-refractivity contribution in [2.45, 2.75) is 18.8 Å². The quantitative estimate of drug-likeness (QED) is 0.416. The molecular formula is C23H14F6N4O6. The number of rotatable bonds is 6. The molecular weight excluding hydrogens is 542 g/mol. The van der Waals surface area contributed by atoms with Gasteiger partial charge in [0.05, 0.1) is 33.6 Å². The average Bonchev–Trinajstić information content (AvgIpc) is 3.24. The molecule has 2 aromatic rings. The van der Waals surface area contributed by atoms with E-state index >= 15 is 0 Å². The van der Waals surface area contributed by atoms with Crippen LogP contribution in [0.1, 0.15) is 47.9 Å². The lowest BCUT2D eigenvalue weighted by Crippen LogP contribution is -2.36. The second kappa shape index (κ2) is 9.52. The zero-order valence-corrected chi connectivity index (χ0v) is 19.2. The number of imide groups is 2. The molecule has 0 aliphatic carbocycles. The van der Waals surface area contributed by atoms with Crippen molar-refractivity contribution >= 4 is 46.8 Å². The van der Waals surface area contributed by atoms with Gasteiger partial charge in [-0.25, -0.2) is 0 Å². The van der Waals surface area contributed by atoms with Gasteiger partial charge in [0.15, 0.2) is 0 Å². The molecule has 0 aromatic heterocycles. The van der Waals surface area contributed by atoms with E-state index in [1.54, 1.807) is 10.6 Å². The topological polar surface area (TPSA) is 133 Å². The molecule has 2 heterocycles. The molecule has 2 N–H and O–H groups in total. The van der Waals surface area contributed by atoms with Crippen LogP contribution < -0.4 is 10.6 Å². The van der Waals surface area contributed by atoms with E-state index in [1.165, 1.54) is 12.1 Å². The first-order chi connectivity index (χ1) is 18.1. The van der Waals surface area contributed by atoms with Gasteiger partial charge in [0, 0.05) is 13.1 Å². The number of benzene rings is 2. The van der Waals surface area contributed by atoms with Gasteiger partial charge in [-0.05, 0) is 30.7 Å². The van der Waals surface area contributed by atoms with E-state index in [4.69, 9.17) is 0 Å². The minimum Gasteiger partial charge on any atom is -0.317 e. The summed E-state index contributed by atoms with van der Waals surface area (Å²) >= 11 is 0. The number of carbonyl (C=O) groups is 6. The fourth-order valence-corrected chi connectivity index (χ4v) is 4.05. The smallest absolute Gasteiger partial charge is 0.317 e. The normalized spacial score (nSPS) is 15.0. The molecule has 2 aromatic carbocycles. The van der Waals surface area contributed by atoms with Crippen molar-refractivity contribution in [3.05, 3.63) is 58.7 Å². The molecule has 204 valence electrons. The summed E-state index contributed by atoms with van der Waals surface area (Å²) in [5, 5.41) is 3.09. The first-order valence-electron chi connectivity index (χ1n) is 10.9. The average molecular weight is 556 g/mol. The summed E-state index contributed by atoms with van der Waals surface area (Å²) in [6.07, 6.45) is -10.7. The summed E-state index contributed by atoms with van der Waals surface area (Å²) in [6.45, 7) is -0.797. The minimum absolute atomic E-state index is 0.203. The Morgan fingerprint density at radius 1 is 0.615 bits per heavy atom. The third-order valence-corrected chi connectivity index (χ3v) is 5.77. The van der Waals surface area contributed by atoms with E-state index in [0.717, 1.165) is 24.3 Å². The van der Waals surface area contributed by atoms with Gasteiger partial charge >= 0.3 is 24.2 Å². The number of carbonyl (C=O) groups excluding carboxylic acids is 6. The summed E-state index contributed by atoms with van der Waals surface area (Å²) in [6, 6.07) is 6.66. The van der Waals surface area contributed by atoms with Gasteiger partial charge in [0.2, 0.25) is 0 Å². The Hall–Kier alpha value is -4.76. The van der Waals surface area contributed by atoms with Gasteiger partial charge in [0.1, 0.15) is 0 Å². The molecule has 6 amide bonds. The van der Waals surface area contributed by atoms with Gasteiger partial charge in [-0.1, -0.05) is 12.1 Å². The summed E-state index contributed by atoms with van der Waals surface area (Å²) in [5.41, 5.74) is -2.55. The van der Waals surface area contributed by atoms with Crippen molar-refractivity contribution in [2.24, 2.45) is 0 Å². The maximum absolute atomic E-state index is 12.8. The Kier molecular flexibility index (Phi) is 6.66. The molecule has 0 bridgehead atoms. The van der Waals surface area contributed by atoms with Crippen molar-refractivity contribution in [2.75, 3.05) is 23.7 Å². The molecule has 0 radical (unpaired) electrons. The fourth-order valence-electron chi connectivity index (χ4n) is 4.05. The molecule has 0 fully saturated rings. The Morgan fingerprint density at radius 3 is 1.31 bits per heavy atom. The lowest BCUT2D eigenvalue weighted by Gasteiger charge is -2.18. The van der Waals surface area contributed by atoms with Gasteiger partial charge < -0.3 is 10.6 Å². The number of fused-ring (bicyclic) bond motifs is 2. The number of nitrogens with zero attached hydrogens (tertiary/aromatic N) is 2. The highest BCUT2D eigenvalue weighted by Crippen LogP contribution is 2.33. The van der Waals surface area contributed by atoms with Crippen molar-refractivity contribution in [1.82, 2.24) is 9.80 Å². The van der Waals surface area contributed by atoms with E-state index in [0.29, 0.717) is 9.80 Å². The van der Waals surface area contributed by atoms with Crippen LogP contribution in [0.3, 0.4) is 0 Å². The maximum atomic E-state index is 12.8. The number of hydrogen-bond donors (Lipinski definition) is 2. The Balaban J connectivity index is 1.46. The molecule has 0 unspecified atom stereocenters. The first-order valence-corrected chi connectivity index (χ1v) is 10.9. The highest BCUT2D eigenvalue weighted by molar-refractivity contribution is 6.25. The third-order valence-electron chi connectivity index (χ3n) is 5.77. The van der Waals surface area contributed by atoms with Crippen LogP contribution >= 0.6 is 0 Å². The molecule has 4 rings (SSSR count). The molecule has 0 saturated heterocycles. The Labute approximate surface area is 213 Å². The SMILES string of the molecule is O=C1c2cccc(NC(=O)C(F)(F)F)c2C(=O)N1CCCN1C(=O)c2cccc(NC(=O)C(F)(F)F)c2C1=O. The predicted molar refractivity (Wildman–Crippen MR) is 118 cm³/mol. The molecule has 2 aliphatic heterocycles. The molecule has 10 nitrogen and oxygen atoms in total. The van der Waals surface area contributed by atoms with E-state index in [1.807, 2.05) is 0 Å². The lowest BCUT2D eigenvalue weighted by molar-refractivity contribution is -0.167. The predicted octanol–water partition coefficient (Wildman–Crippen LogP) is 2.97. The first kappa shape index (κ1) is 27.3. The van der Waals surface area contributed by atoms with Crippen LogP contribution in [0.4, 0.5) is 37.7 Å².